The summed E-state index contributed by atoms with van der Waals surface area (Å²) in [6.07, 6.45) is 0. The molecule has 0 bridgehead atoms. The zero-order valence-corrected chi connectivity index (χ0v) is 18.1. The number of carbonyl (C=O) groups excluding carboxylic acids is 2. The van der Waals surface area contributed by atoms with Crippen LogP contribution in [0.25, 0.3) is 0 Å². The van der Waals surface area contributed by atoms with Crippen LogP contribution < -0.4 is 15.5 Å². The van der Waals surface area contributed by atoms with Gasteiger partial charge in [0.15, 0.2) is 0 Å². The standard InChI is InChI=1S/C26H27N3O2/c1-17-8-4-5-9-21(17)25(30)28-20-14-12-19(13-15-20)26(31)29-16-18(2)24(27-3)22-10-6-7-11-23(22)29/h4-15,18,24,27H,16H2,1-3H3,(H,28,30). The van der Waals surface area contributed by atoms with Crippen LogP contribution in [0.4, 0.5) is 11.4 Å². The van der Waals surface area contributed by atoms with Gasteiger partial charge in [-0.3, -0.25) is 9.59 Å². The van der Waals surface area contributed by atoms with Crippen molar-refractivity contribution in [2.24, 2.45) is 5.92 Å². The number of rotatable bonds is 4. The second-order valence-electron chi connectivity index (χ2n) is 8.06. The molecule has 0 radical (unpaired) electrons. The van der Waals surface area contributed by atoms with Crippen molar-refractivity contribution in [3.63, 3.8) is 0 Å². The summed E-state index contributed by atoms with van der Waals surface area (Å²) in [4.78, 5) is 27.7. The van der Waals surface area contributed by atoms with Gasteiger partial charge < -0.3 is 15.5 Å². The highest BCUT2D eigenvalue weighted by molar-refractivity contribution is 6.08. The summed E-state index contributed by atoms with van der Waals surface area (Å²) < 4.78 is 0. The lowest BCUT2D eigenvalue weighted by Crippen LogP contribution is -2.43. The topological polar surface area (TPSA) is 61.4 Å². The molecule has 158 valence electrons. The molecule has 1 aliphatic rings. The molecule has 0 aliphatic carbocycles. The average molecular weight is 414 g/mol. The fraction of sp³-hybridized carbons (Fsp3) is 0.231. The summed E-state index contributed by atoms with van der Waals surface area (Å²) in [5.74, 6) is 0.0937. The van der Waals surface area contributed by atoms with E-state index < -0.39 is 0 Å². The van der Waals surface area contributed by atoms with Crippen molar-refractivity contribution in [2.45, 2.75) is 19.9 Å². The fourth-order valence-electron chi connectivity index (χ4n) is 4.30. The molecule has 1 heterocycles. The normalized spacial score (nSPS) is 17.7. The van der Waals surface area contributed by atoms with Gasteiger partial charge in [0.2, 0.25) is 0 Å². The van der Waals surface area contributed by atoms with E-state index in [0.29, 0.717) is 23.4 Å². The lowest BCUT2D eigenvalue weighted by atomic mass is 9.88. The molecular weight excluding hydrogens is 386 g/mol. The maximum Gasteiger partial charge on any atom is 0.258 e. The van der Waals surface area contributed by atoms with Crippen molar-refractivity contribution >= 4 is 23.2 Å². The number of hydrogen-bond acceptors (Lipinski definition) is 3. The highest BCUT2D eigenvalue weighted by Gasteiger charge is 2.33. The minimum absolute atomic E-state index is 0.0365. The Bertz CT molecular complexity index is 1110. The van der Waals surface area contributed by atoms with Crippen LogP contribution in [0.1, 0.15) is 44.8 Å². The van der Waals surface area contributed by atoms with E-state index in [-0.39, 0.29) is 23.8 Å². The number of carbonyl (C=O) groups is 2. The zero-order chi connectivity index (χ0) is 22.0. The van der Waals surface area contributed by atoms with E-state index >= 15 is 0 Å². The molecule has 0 aromatic heterocycles. The molecule has 31 heavy (non-hydrogen) atoms. The molecule has 0 spiro atoms. The molecule has 2 atom stereocenters. The van der Waals surface area contributed by atoms with Crippen LogP contribution in [0.2, 0.25) is 0 Å². The van der Waals surface area contributed by atoms with Crippen molar-refractivity contribution in [3.05, 3.63) is 95.1 Å². The highest BCUT2D eigenvalue weighted by atomic mass is 16.2. The van der Waals surface area contributed by atoms with E-state index in [1.54, 1.807) is 30.3 Å². The number of aryl methyl sites for hydroxylation is 1. The Labute approximate surface area is 183 Å². The van der Waals surface area contributed by atoms with Gasteiger partial charge in [-0.05, 0) is 67.4 Å². The Kier molecular flexibility index (Phi) is 5.87. The molecule has 0 saturated heterocycles. The Balaban J connectivity index is 1.54. The molecule has 5 nitrogen and oxygen atoms in total. The molecule has 5 heteroatoms. The third-order valence-electron chi connectivity index (χ3n) is 5.94. The maximum atomic E-state index is 13.3. The first-order valence-corrected chi connectivity index (χ1v) is 10.5. The van der Waals surface area contributed by atoms with Gasteiger partial charge in [-0.2, -0.15) is 0 Å². The van der Waals surface area contributed by atoms with Crippen LogP contribution in [0.5, 0.6) is 0 Å². The Hall–Kier alpha value is -3.44. The van der Waals surface area contributed by atoms with E-state index in [1.165, 1.54) is 0 Å². The van der Waals surface area contributed by atoms with Crippen LogP contribution in [-0.4, -0.2) is 25.4 Å². The van der Waals surface area contributed by atoms with Crippen LogP contribution >= 0.6 is 0 Å². The smallest absolute Gasteiger partial charge is 0.258 e. The molecule has 3 aromatic carbocycles. The molecule has 2 amide bonds. The summed E-state index contributed by atoms with van der Waals surface area (Å²) in [7, 11) is 1.96. The first-order chi connectivity index (χ1) is 15.0. The number of nitrogens with one attached hydrogen (secondary N) is 2. The van der Waals surface area contributed by atoms with Gasteiger partial charge >= 0.3 is 0 Å². The third-order valence-corrected chi connectivity index (χ3v) is 5.94. The van der Waals surface area contributed by atoms with E-state index in [2.05, 4.69) is 23.6 Å². The maximum absolute atomic E-state index is 13.3. The first kappa shape index (κ1) is 20.8. The van der Waals surface area contributed by atoms with Gasteiger partial charge in [0.25, 0.3) is 11.8 Å². The molecule has 2 N–H and O–H groups in total. The Morgan fingerprint density at radius 1 is 0.935 bits per heavy atom. The lowest BCUT2D eigenvalue weighted by Gasteiger charge is -2.38. The molecule has 2 unspecified atom stereocenters. The average Bonchev–Trinajstić information content (AvgIpc) is 2.79. The number of anilines is 2. The number of amides is 2. The molecule has 4 rings (SSSR count). The number of nitrogens with zero attached hydrogens (tertiary/aromatic N) is 1. The zero-order valence-electron chi connectivity index (χ0n) is 18.1. The minimum atomic E-state index is -0.158. The van der Waals surface area contributed by atoms with Gasteiger partial charge in [-0.15, -0.1) is 0 Å². The van der Waals surface area contributed by atoms with Crippen molar-refractivity contribution in [1.29, 1.82) is 0 Å². The Morgan fingerprint density at radius 2 is 1.61 bits per heavy atom. The van der Waals surface area contributed by atoms with E-state index in [0.717, 1.165) is 16.8 Å². The second kappa shape index (κ2) is 8.74. The van der Waals surface area contributed by atoms with E-state index in [9.17, 15) is 9.59 Å². The summed E-state index contributed by atoms with van der Waals surface area (Å²) in [6, 6.07) is 22.8. The quantitative estimate of drug-likeness (QED) is 0.646. The van der Waals surface area contributed by atoms with E-state index in [4.69, 9.17) is 0 Å². The van der Waals surface area contributed by atoms with Gasteiger partial charge in [0, 0.05) is 35.1 Å². The summed E-state index contributed by atoms with van der Waals surface area (Å²) in [6.45, 7) is 4.71. The molecule has 0 saturated carbocycles. The second-order valence-corrected chi connectivity index (χ2v) is 8.06. The van der Waals surface area contributed by atoms with E-state index in [1.807, 2.05) is 55.3 Å². The summed E-state index contributed by atoms with van der Waals surface area (Å²) in [5.41, 5.74) is 4.90. The van der Waals surface area contributed by atoms with Gasteiger partial charge in [0.1, 0.15) is 0 Å². The van der Waals surface area contributed by atoms with Gasteiger partial charge in [-0.1, -0.05) is 43.3 Å². The summed E-state index contributed by atoms with van der Waals surface area (Å²) >= 11 is 0. The van der Waals surface area contributed by atoms with Crippen LogP contribution in [-0.2, 0) is 0 Å². The van der Waals surface area contributed by atoms with Crippen molar-refractivity contribution in [3.8, 4) is 0 Å². The monoisotopic (exact) mass is 413 g/mol. The molecule has 0 fully saturated rings. The minimum Gasteiger partial charge on any atom is -0.322 e. The van der Waals surface area contributed by atoms with Crippen LogP contribution in [0.3, 0.4) is 0 Å². The highest BCUT2D eigenvalue weighted by Crippen LogP contribution is 2.37. The summed E-state index contributed by atoms with van der Waals surface area (Å²) in [5, 5.41) is 6.28. The number of benzene rings is 3. The van der Waals surface area contributed by atoms with Gasteiger partial charge in [0.05, 0.1) is 0 Å². The number of hydrogen-bond donors (Lipinski definition) is 2. The first-order valence-electron chi connectivity index (χ1n) is 10.5. The predicted octanol–water partition coefficient (Wildman–Crippen LogP) is 4.80. The van der Waals surface area contributed by atoms with Crippen molar-refractivity contribution in [1.82, 2.24) is 5.32 Å². The largest absolute Gasteiger partial charge is 0.322 e. The molecular formula is C26H27N3O2. The molecule has 1 aliphatic heterocycles. The van der Waals surface area contributed by atoms with Gasteiger partial charge in [-0.25, -0.2) is 0 Å². The third kappa shape index (κ3) is 4.09. The van der Waals surface area contributed by atoms with Crippen LogP contribution in [0.15, 0.2) is 72.8 Å². The number of para-hydroxylation sites is 1. The number of fused-ring (bicyclic) bond motifs is 1. The SMILES string of the molecule is CNC1c2ccccc2N(C(=O)c2ccc(NC(=O)c3ccccc3C)cc2)CC1C. The lowest BCUT2D eigenvalue weighted by molar-refractivity contribution is 0.0977. The van der Waals surface area contributed by atoms with Crippen molar-refractivity contribution in [2.75, 3.05) is 23.8 Å². The molecule has 3 aromatic rings. The predicted molar refractivity (Wildman–Crippen MR) is 125 cm³/mol. The van der Waals surface area contributed by atoms with Crippen molar-refractivity contribution < 1.29 is 9.59 Å². The fourth-order valence-corrected chi connectivity index (χ4v) is 4.30. The van der Waals surface area contributed by atoms with Crippen LogP contribution in [0, 0.1) is 12.8 Å². The Morgan fingerprint density at radius 3 is 2.32 bits per heavy atom.